The molecule has 0 saturated heterocycles. The Hall–Kier alpha value is -3.35. The summed E-state index contributed by atoms with van der Waals surface area (Å²) in [7, 11) is 1.55. The van der Waals surface area contributed by atoms with Crippen LogP contribution in [0.15, 0.2) is 48.5 Å². The van der Waals surface area contributed by atoms with Crippen molar-refractivity contribution in [3.8, 4) is 5.75 Å². The molecule has 0 aromatic heterocycles. The second-order valence-electron chi connectivity index (χ2n) is 6.00. The van der Waals surface area contributed by atoms with Crippen molar-refractivity contribution in [2.45, 2.75) is 26.2 Å². The van der Waals surface area contributed by atoms with Crippen LogP contribution in [-0.4, -0.2) is 31.5 Å². The van der Waals surface area contributed by atoms with Crippen LogP contribution in [0, 0.1) is 0 Å². The van der Waals surface area contributed by atoms with Crippen molar-refractivity contribution in [3.05, 3.63) is 54.1 Å². The zero-order valence-electron chi connectivity index (χ0n) is 16.0. The van der Waals surface area contributed by atoms with E-state index in [1.54, 1.807) is 31.4 Å². The average molecular weight is 384 g/mol. The van der Waals surface area contributed by atoms with Gasteiger partial charge in [-0.3, -0.25) is 14.4 Å². The van der Waals surface area contributed by atoms with E-state index in [1.807, 2.05) is 31.2 Å². The third-order valence-electron chi connectivity index (χ3n) is 3.97. The van der Waals surface area contributed by atoms with Gasteiger partial charge in [0.25, 0.3) is 5.91 Å². The number of nitrogens with one attached hydrogen (secondary N) is 2. The molecule has 0 fully saturated rings. The van der Waals surface area contributed by atoms with Gasteiger partial charge in [-0.25, -0.2) is 0 Å². The Labute approximate surface area is 164 Å². The number of hydrogen-bond donors (Lipinski definition) is 2. The molecule has 7 nitrogen and oxygen atoms in total. The first-order chi connectivity index (χ1) is 13.5. The molecule has 0 spiro atoms. The minimum Gasteiger partial charge on any atom is -0.497 e. The Morgan fingerprint density at radius 2 is 1.61 bits per heavy atom. The van der Waals surface area contributed by atoms with E-state index in [-0.39, 0.29) is 18.7 Å². The molecule has 0 aliphatic rings. The summed E-state index contributed by atoms with van der Waals surface area (Å²) in [4.78, 5) is 35.6. The zero-order chi connectivity index (χ0) is 20.4. The van der Waals surface area contributed by atoms with Crippen LogP contribution in [0.5, 0.6) is 5.75 Å². The van der Waals surface area contributed by atoms with Crippen molar-refractivity contribution in [3.63, 3.8) is 0 Å². The Balaban J connectivity index is 1.70. The van der Waals surface area contributed by atoms with Gasteiger partial charge in [-0.15, -0.1) is 0 Å². The predicted octanol–water partition coefficient (Wildman–Crippen LogP) is 3.16. The van der Waals surface area contributed by atoms with Crippen molar-refractivity contribution in [2.75, 3.05) is 24.4 Å². The molecule has 2 amide bonds. The van der Waals surface area contributed by atoms with Crippen molar-refractivity contribution in [1.29, 1.82) is 0 Å². The number of aryl methyl sites for hydroxylation is 1. The number of methoxy groups -OCH3 is 1. The van der Waals surface area contributed by atoms with Gasteiger partial charge in [0, 0.05) is 17.8 Å². The fraction of sp³-hybridized carbons (Fsp3) is 0.286. The summed E-state index contributed by atoms with van der Waals surface area (Å²) < 4.78 is 9.95. The van der Waals surface area contributed by atoms with E-state index >= 15 is 0 Å². The number of para-hydroxylation sites is 1. The maximum atomic E-state index is 12.0. The number of ether oxygens (including phenoxy) is 2. The fourth-order valence-electron chi connectivity index (χ4n) is 2.47. The first-order valence-electron chi connectivity index (χ1n) is 8.99. The third kappa shape index (κ3) is 6.75. The van der Waals surface area contributed by atoms with Gasteiger partial charge < -0.3 is 20.1 Å². The molecular formula is C21H24N2O5. The van der Waals surface area contributed by atoms with Gasteiger partial charge in [0.1, 0.15) is 5.75 Å². The number of amides is 2. The molecule has 2 aromatic rings. The lowest BCUT2D eigenvalue weighted by Crippen LogP contribution is -2.21. The number of carbonyl (C=O) groups is 3. The SMILES string of the molecule is CCc1ccccc1NC(=O)CCC(=O)OCC(=O)Nc1ccc(OC)cc1. The third-order valence-corrected chi connectivity index (χ3v) is 3.97. The summed E-state index contributed by atoms with van der Waals surface area (Å²) in [5, 5.41) is 5.40. The van der Waals surface area contributed by atoms with Crippen molar-refractivity contribution in [1.82, 2.24) is 0 Å². The molecule has 0 bridgehead atoms. The van der Waals surface area contributed by atoms with Gasteiger partial charge in [-0.2, -0.15) is 0 Å². The second kappa shape index (κ2) is 10.7. The minimum absolute atomic E-state index is 0.0169. The molecule has 2 N–H and O–H groups in total. The van der Waals surface area contributed by atoms with Gasteiger partial charge in [-0.05, 0) is 42.3 Å². The summed E-state index contributed by atoms with van der Waals surface area (Å²) >= 11 is 0. The molecule has 148 valence electrons. The van der Waals surface area contributed by atoms with Crippen LogP contribution < -0.4 is 15.4 Å². The number of rotatable bonds is 9. The average Bonchev–Trinajstić information content (AvgIpc) is 2.71. The molecular weight excluding hydrogens is 360 g/mol. The molecule has 2 aromatic carbocycles. The maximum Gasteiger partial charge on any atom is 0.306 e. The lowest BCUT2D eigenvalue weighted by molar-refractivity contribution is -0.147. The van der Waals surface area contributed by atoms with E-state index in [9.17, 15) is 14.4 Å². The molecule has 0 aliphatic carbocycles. The van der Waals surface area contributed by atoms with Crippen LogP contribution in [0.1, 0.15) is 25.3 Å². The molecule has 0 heterocycles. The molecule has 0 aliphatic heterocycles. The smallest absolute Gasteiger partial charge is 0.306 e. The molecule has 0 unspecified atom stereocenters. The van der Waals surface area contributed by atoms with Gasteiger partial charge in [-0.1, -0.05) is 25.1 Å². The van der Waals surface area contributed by atoms with E-state index < -0.39 is 18.5 Å². The van der Waals surface area contributed by atoms with Gasteiger partial charge in [0.15, 0.2) is 6.61 Å². The quantitative estimate of drug-likeness (QED) is 0.648. The minimum atomic E-state index is -0.608. The molecule has 2 rings (SSSR count). The molecule has 7 heteroatoms. The monoisotopic (exact) mass is 384 g/mol. The number of hydrogen-bond acceptors (Lipinski definition) is 5. The van der Waals surface area contributed by atoms with Crippen LogP contribution in [0.3, 0.4) is 0 Å². The van der Waals surface area contributed by atoms with Crippen LogP contribution >= 0.6 is 0 Å². The highest BCUT2D eigenvalue weighted by Crippen LogP contribution is 2.16. The van der Waals surface area contributed by atoms with Gasteiger partial charge >= 0.3 is 5.97 Å². The number of esters is 1. The standard InChI is InChI=1S/C21H24N2O5/c1-3-15-6-4-5-7-18(15)23-19(24)12-13-21(26)28-14-20(25)22-16-8-10-17(27-2)11-9-16/h4-11H,3,12-14H2,1-2H3,(H,22,25)(H,23,24). The van der Waals surface area contributed by atoms with E-state index in [1.165, 1.54) is 0 Å². The van der Waals surface area contributed by atoms with Gasteiger partial charge in [0.2, 0.25) is 5.91 Å². The first-order valence-corrected chi connectivity index (χ1v) is 8.99. The topological polar surface area (TPSA) is 93.7 Å². The van der Waals surface area contributed by atoms with Crippen LogP contribution in [0.4, 0.5) is 11.4 Å². The molecule has 28 heavy (non-hydrogen) atoms. The molecule has 0 saturated carbocycles. The van der Waals surface area contributed by atoms with E-state index in [0.29, 0.717) is 11.4 Å². The normalized spacial score (nSPS) is 10.1. The van der Waals surface area contributed by atoms with Crippen LogP contribution in [0.2, 0.25) is 0 Å². The number of benzene rings is 2. The van der Waals surface area contributed by atoms with Crippen molar-refractivity contribution < 1.29 is 23.9 Å². The summed E-state index contributed by atoms with van der Waals surface area (Å²) in [6, 6.07) is 14.3. The van der Waals surface area contributed by atoms with E-state index in [4.69, 9.17) is 9.47 Å². The largest absolute Gasteiger partial charge is 0.497 e. The van der Waals surface area contributed by atoms with Crippen LogP contribution in [0.25, 0.3) is 0 Å². The van der Waals surface area contributed by atoms with Crippen molar-refractivity contribution >= 4 is 29.2 Å². The van der Waals surface area contributed by atoms with Crippen LogP contribution in [-0.2, 0) is 25.5 Å². The zero-order valence-corrected chi connectivity index (χ0v) is 16.0. The Morgan fingerprint density at radius 3 is 2.29 bits per heavy atom. The summed E-state index contributed by atoms with van der Waals surface area (Å²) in [5.41, 5.74) is 2.33. The highest BCUT2D eigenvalue weighted by molar-refractivity contribution is 5.94. The Morgan fingerprint density at radius 1 is 0.893 bits per heavy atom. The van der Waals surface area contributed by atoms with Crippen molar-refractivity contribution in [2.24, 2.45) is 0 Å². The van der Waals surface area contributed by atoms with E-state index in [0.717, 1.165) is 17.7 Å². The van der Waals surface area contributed by atoms with Gasteiger partial charge in [0.05, 0.1) is 13.5 Å². The second-order valence-corrected chi connectivity index (χ2v) is 6.00. The lowest BCUT2D eigenvalue weighted by atomic mass is 10.1. The summed E-state index contributed by atoms with van der Waals surface area (Å²) in [5.74, 6) is -0.673. The predicted molar refractivity (Wildman–Crippen MR) is 106 cm³/mol. The Bertz CT molecular complexity index is 818. The summed E-state index contributed by atoms with van der Waals surface area (Å²) in [6.45, 7) is 1.59. The number of carbonyl (C=O) groups excluding carboxylic acids is 3. The fourth-order valence-corrected chi connectivity index (χ4v) is 2.47. The molecule has 0 atom stereocenters. The van der Waals surface area contributed by atoms with E-state index in [2.05, 4.69) is 10.6 Å². The first kappa shape index (κ1) is 21.0. The molecule has 0 radical (unpaired) electrons. The number of anilines is 2. The summed E-state index contributed by atoms with van der Waals surface area (Å²) in [6.07, 6.45) is 0.675. The highest BCUT2D eigenvalue weighted by atomic mass is 16.5. The Kier molecular flexibility index (Phi) is 8.02. The highest BCUT2D eigenvalue weighted by Gasteiger charge is 2.12. The maximum absolute atomic E-state index is 12.0. The lowest BCUT2D eigenvalue weighted by Gasteiger charge is -2.10.